The van der Waals surface area contributed by atoms with Crippen LogP contribution in [-0.4, -0.2) is 11.1 Å². The Labute approximate surface area is 83.6 Å². The number of hydrogen-bond donors (Lipinski definition) is 1. The Balaban J connectivity index is 2.22. The lowest BCUT2D eigenvalue weighted by Gasteiger charge is -2.05. The summed E-state index contributed by atoms with van der Waals surface area (Å²) in [5.41, 5.74) is 2.53. The zero-order chi connectivity index (χ0) is 10.1. The van der Waals surface area contributed by atoms with E-state index in [1.165, 1.54) is 11.1 Å². The lowest BCUT2D eigenvalue weighted by molar-refractivity contribution is -0.138. The van der Waals surface area contributed by atoms with Crippen LogP contribution in [0.4, 0.5) is 0 Å². The van der Waals surface area contributed by atoms with Gasteiger partial charge in [0, 0.05) is 0 Å². The average molecular weight is 190 g/mol. The van der Waals surface area contributed by atoms with Gasteiger partial charge in [0.2, 0.25) is 0 Å². The molecule has 0 saturated heterocycles. The van der Waals surface area contributed by atoms with Gasteiger partial charge in [-0.25, -0.2) is 0 Å². The fourth-order valence-corrected chi connectivity index (χ4v) is 2.03. The highest BCUT2D eigenvalue weighted by molar-refractivity contribution is 5.75. The first kappa shape index (κ1) is 9.25. The van der Waals surface area contributed by atoms with Crippen LogP contribution >= 0.6 is 0 Å². The van der Waals surface area contributed by atoms with Crippen molar-refractivity contribution >= 4 is 5.97 Å². The zero-order valence-corrected chi connectivity index (χ0v) is 8.23. The van der Waals surface area contributed by atoms with Gasteiger partial charge in [-0.1, -0.05) is 31.2 Å². The van der Waals surface area contributed by atoms with E-state index >= 15 is 0 Å². The number of aliphatic carboxylic acids is 1. The van der Waals surface area contributed by atoms with E-state index in [4.69, 9.17) is 5.11 Å². The normalized spacial score (nSPS) is 24.6. The highest BCUT2D eigenvalue weighted by Gasteiger charge is 2.44. The Morgan fingerprint density at radius 2 is 2.21 bits per heavy atom. The zero-order valence-electron chi connectivity index (χ0n) is 8.23. The van der Waals surface area contributed by atoms with E-state index in [0.29, 0.717) is 0 Å². The van der Waals surface area contributed by atoms with Crippen LogP contribution in [0.1, 0.15) is 30.4 Å². The van der Waals surface area contributed by atoms with Crippen LogP contribution in [0.25, 0.3) is 0 Å². The van der Waals surface area contributed by atoms with Crippen molar-refractivity contribution in [1.82, 2.24) is 0 Å². The van der Waals surface area contributed by atoms with Crippen molar-refractivity contribution in [2.45, 2.75) is 25.7 Å². The second kappa shape index (κ2) is 3.45. The molecule has 2 heteroatoms. The third-order valence-corrected chi connectivity index (χ3v) is 2.94. The van der Waals surface area contributed by atoms with Gasteiger partial charge >= 0.3 is 5.97 Å². The molecule has 0 unspecified atom stereocenters. The van der Waals surface area contributed by atoms with E-state index in [1.807, 2.05) is 12.1 Å². The van der Waals surface area contributed by atoms with Gasteiger partial charge in [-0.2, -0.15) is 0 Å². The molecule has 1 aromatic carbocycles. The summed E-state index contributed by atoms with van der Waals surface area (Å²) < 4.78 is 0. The molecule has 1 aliphatic rings. The number of benzene rings is 1. The summed E-state index contributed by atoms with van der Waals surface area (Å²) >= 11 is 0. The number of carbonyl (C=O) groups is 1. The van der Waals surface area contributed by atoms with E-state index in [0.717, 1.165) is 12.8 Å². The monoisotopic (exact) mass is 190 g/mol. The first-order valence-corrected chi connectivity index (χ1v) is 5.04. The smallest absolute Gasteiger partial charge is 0.307 e. The Morgan fingerprint density at radius 3 is 2.79 bits per heavy atom. The Morgan fingerprint density at radius 1 is 1.50 bits per heavy atom. The van der Waals surface area contributed by atoms with Gasteiger partial charge in [-0.3, -0.25) is 4.79 Å². The molecule has 1 N–H and O–H groups in total. The molecule has 1 fully saturated rings. The van der Waals surface area contributed by atoms with Gasteiger partial charge in [-0.05, 0) is 29.9 Å². The number of carboxylic acids is 1. The van der Waals surface area contributed by atoms with Crippen LogP contribution < -0.4 is 0 Å². The molecule has 0 aromatic heterocycles. The number of hydrogen-bond acceptors (Lipinski definition) is 1. The summed E-state index contributed by atoms with van der Waals surface area (Å²) in [5.74, 6) is -0.521. The third-order valence-electron chi connectivity index (χ3n) is 2.94. The Hall–Kier alpha value is -1.31. The number of rotatable bonds is 3. The van der Waals surface area contributed by atoms with Crippen LogP contribution in [0.3, 0.4) is 0 Å². The standard InChI is InChI=1S/C12H14O2/c1-2-8-5-3-4-6-9(8)10-7-11(10)12(13)14/h3-6,10-11H,2,7H2,1H3,(H,13,14)/t10-,11+/m0/s1. The minimum Gasteiger partial charge on any atom is -0.481 e. The summed E-state index contributed by atoms with van der Waals surface area (Å²) in [6, 6.07) is 8.16. The Kier molecular flexibility index (Phi) is 2.28. The summed E-state index contributed by atoms with van der Waals surface area (Å²) in [7, 11) is 0. The van der Waals surface area contributed by atoms with E-state index in [9.17, 15) is 4.79 Å². The summed E-state index contributed by atoms with van der Waals surface area (Å²) in [5, 5.41) is 8.85. The van der Waals surface area contributed by atoms with Gasteiger partial charge in [0.05, 0.1) is 5.92 Å². The SMILES string of the molecule is CCc1ccccc1[C@@H]1C[C@H]1C(=O)O. The number of carboxylic acid groups (broad SMARTS) is 1. The molecule has 0 spiro atoms. The molecule has 1 aromatic rings. The minimum atomic E-state index is -0.652. The van der Waals surface area contributed by atoms with Crippen LogP contribution in [0.2, 0.25) is 0 Å². The maximum Gasteiger partial charge on any atom is 0.307 e. The molecule has 2 atom stereocenters. The second-order valence-electron chi connectivity index (χ2n) is 3.84. The van der Waals surface area contributed by atoms with Crippen molar-refractivity contribution in [3.63, 3.8) is 0 Å². The molecule has 14 heavy (non-hydrogen) atoms. The molecule has 1 saturated carbocycles. The Bertz CT molecular complexity index is 357. The van der Waals surface area contributed by atoms with Gasteiger partial charge in [-0.15, -0.1) is 0 Å². The van der Waals surface area contributed by atoms with Crippen molar-refractivity contribution in [2.75, 3.05) is 0 Å². The molecule has 2 nitrogen and oxygen atoms in total. The molecular formula is C12H14O2. The van der Waals surface area contributed by atoms with Crippen LogP contribution in [0, 0.1) is 5.92 Å². The van der Waals surface area contributed by atoms with E-state index in [2.05, 4.69) is 19.1 Å². The predicted molar refractivity (Wildman–Crippen MR) is 54.3 cm³/mol. The van der Waals surface area contributed by atoms with Crippen molar-refractivity contribution in [2.24, 2.45) is 5.92 Å². The largest absolute Gasteiger partial charge is 0.481 e. The summed E-state index contributed by atoms with van der Waals surface area (Å²) in [6.07, 6.45) is 1.80. The number of aryl methyl sites for hydroxylation is 1. The maximum atomic E-state index is 10.7. The fraction of sp³-hybridized carbons (Fsp3) is 0.417. The molecule has 1 aliphatic carbocycles. The van der Waals surface area contributed by atoms with Gasteiger partial charge in [0.15, 0.2) is 0 Å². The lowest BCUT2D eigenvalue weighted by atomic mass is 10.0. The molecule has 0 radical (unpaired) electrons. The predicted octanol–water partition coefficient (Wildman–Crippen LogP) is 2.44. The van der Waals surface area contributed by atoms with E-state index in [-0.39, 0.29) is 11.8 Å². The van der Waals surface area contributed by atoms with Crippen LogP contribution in [-0.2, 0) is 11.2 Å². The van der Waals surface area contributed by atoms with Crippen LogP contribution in [0.15, 0.2) is 24.3 Å². The first-order chi connectivity index (χ1) is 6.74. The first-order valence-electron chi connectivity index (χ1n) is 5.04. The lowest BCUT2D eigenvalue weighted by Crippen LogP contribution is -2.00. The topological polar surface area (TPSA) is 37.3 Å². The van der Waals surface area contributed by atoms with Crippen LogP contribution in [0.5, 0.6) is 0 Å². The van der Waals surface area contributed by atoms with E-state index < -0.39 is 5.97 Å². The highest BCUT2D eigenvalue weighted by Crippen LogP contribution is 2.48. The van der Waals surface area contributed by atoms with Crippen molar-refractivity contribution in [1.29, 1.82) is 0 Å². The van der Waals surface area contributed by atoms with Crippen molar-refractivity contribution in [3.05, 3.63) is 35.4 Å². The third kappa shape index (κ3) is 1.52. The van der Waals surface area contributed by atoms with Gasteiger partial charge in [0.1, 0.15) is 0 Å². The molecule has 0 amide bonds. The summed E-state index contributed by atoms with van der Waals surface area (Å²) in [4.78, 5) is 10.7. The second-order valence-corrected chi connectivity index (χ2v) is 3.84. The average Bonchev–Trinajstić information content (AvgIpc) is 2.97. The molecule has 0 bridgehead atoms. The maximum absolute atomic E-state index is 10.7. The van der Waals surface area contributed by atoms with E-state index in [1.54, 1.807) is 0 Å². The molecule has 0 aliphatic heterocycles. The molecule has 74 valence electrons. The fourth-order valence-electron chi connectivity index (χ4n) is 2.03. The van der Waals surface area contributed by atoms with Crippen molar-refractivity contribution in [3.8, 4) is 0 Å². The quantitative estimate of drug-likeness (QED) is 0.794. The van der Waals surface area contributed by atoms with Crippen molar-refractivity contribution < 1.29 is 9.90 Å². The van der Waals surface area contributed by atoms with Gasteiger partial charge in [0.25, 0.3) is 0 Å². The molecule has 2 rings (SSSR count). The van der Waals surface area contributed by atoms with Gasteiger partial charge < -0.3 is 5.11 Å². The minimum absolute atomic E-state index is 0.136. The molecule has 0 heterocycles. The summed E-state index contributed by atoms with van der Waals surface area (Å²) in [6.45, 7) is 2.11. The molecular weight excluding hydrogens is 176 g/mol. The highest BCUT2D eigenvalue weighted by atomic mass is 16.4.